The Bertz CT molecular complexity index is 750. The zero-order chi connectivity index (χ0) is 19.2. The molecular formula is C18H29FIN3O3S. The van der Waals surface area contributed by atoms with Gasteiger partial charge in [0.2, 0.25) is 0 Å². The highest BCUT2D eigenvalue weighted by atomic mass is 127. The second-order valence-electron chi connectivity index (χ2n) is 6.70. The smallest absolute Gasteiger partial charge is 0.191 e. The first-order valence-corrected chi connectivity index (χ1v) is 10.7. The Morgan fingerprint density at radius 1 is 1.30 bits per heavy atom. The van der Waals surface area contributed by atoms with E-state index in [4.69, 9.17) is 4.74 Å². The zero-order valence-electron chi connectivity index (χ0n) is 16.0. The number of aliphatic imine (C=N–C) groups is 1. The first kappa shape index (κ1) is 24.1. The number of nitrogens with one attached hydrogen (secondary N) is 2. The van der Waals surface area contributed by atoms with Crippen LogP contribution in [0.25, 0.3) is 0 Å². The molecule has 2 rings (SSSR count). The summed E-state index contributed by atoms with van der Waals surface area (Å²) in [4.78, 5) is 4.50. The van der Waals surface area contributed by atoms with Crippen LogP contribution in [-0.4, -0.2) is 51.7 Å². The highest BCUT2D eigenvalue weighted by Crippen LogP contribution is 2.28. The Morgan fingerprint density at radius 3 is 2.52 bits per heavy atom. The number of halogens is 2. The molecule has 154 valence electrons. The lowest BCUT2D eigenvalue weighted by Crippen LogP contribution is -2.53. The lowest BCUT2D eigenvalue weighted by molar-refractivity contribution is 0.0756. The summed E-state index contributed by atoms with van der Waals surface area (Å²) in [5.41, 5.74) is 1.47. The van der Waals surface area contributed by atoms with Crippen LogP contribution >= 0.6 is 24.0 Å². The fraction of sp³-hybridized carbons (Fsp3) is 0.611. The summed E-state index contributed by atoms with van der Waals surface area (Å²) in [5.74, 6) is 0.307. The first-order chi connectivity index (χ1) is 12.3. The van der Waals surface area contributed by atoms with Crippen LogP contribution in [0.3, 0.4) is 0 Å². The summed E-state index contributed by atoms with van der Waals surface area (Å²) >= 11 is 0. The van der Waals surface area contributed by atoms with Crippen LogP contribution in [0.15, 0.2) is 23.2 Å². The summed E-state index contributed by atoms with van der Waals surface area (Å²) in [6.45, 7) is 5.86. The minimum atomic E-state index is -3.24. The van der Waals surface area contributed by atoms with E-state index in [-0.39, 0.29) is 36.3 Å². The van der Waals surface area contributed by atoms with Crippen molar-refractivity contribution < 1.29 is 17.5 Å². The van der Waals surface area contributed by atoms with Gasteiger partial charge in [-0.15, -0.1) is 24.0 Å². The molecule has 0 radical (unpaired) electrons. The molecule has 0 spiro atoms. The number of hydrogen-bond donors (Lipinski definition) is 2. The fourth-order valence-corrected chi connectivity index (χ4v) is 4.23. The molecular weight excluding hydrogens is 484 g/mol. The van der Waals surface area contributed by atoms with E-state index in [0.29, 0.717) is 50.7 Å². The van der Waals surface area contributed by atoms with Gasteiger partial charge >= 0.3 is 0 Å². The number of guanidine groups is 1. The van der Waals surface area contributed by atoms with Crippen LogP contribution in [0.4, 0.5) is 4.39 Å². The minimum absolute atomic E-state index is 0. The Morgan fingerprint density at radius 2 is 1.96 bits per heavy atom. The maximum atomic E-state index is 13.4. The van der Waals surface area contributed by atoms with Crippen LogP contribution in [0.1, 0.15) is 30.9 Å². The van der Waals surface area contributed by atoms with Crippen molar-refractivity contribution in [3.05, 3.63) is 35.1 Å². The molecule has 1 fully saturated rings. The van der Waals surface area contributed by atoms with Crippen LogP contribution in [0, 0.1) is 12.7 Å². The molecule has 0 aliphatic carbocycles. The molecule has 1 heterocycles. The van der Waals surface area contributed by atoms with Crippen LogP contribution in [0.2, 0.25) is 0 Å². The molecule has 1 aliphatic rings. The second kappa shape index (κ2) is 10.6. The van der Waals surface area contributed by atoms with Crippen molar-refractivity contribution in [1.29, 1.82) is 0 Å². The topological polar surface area (TPSA) is 79.8 Å². The lowest BCUT2D eigenvalue weighted by Gasteiger charge is -2.35. The average Bonchev–Trinajstić information content (AvgIpc) is 2.60. The zero-order valence-corrected chi connectivity index (χ0v) is 19.2. The quantitative estimate of drug-likeness (QED) is 0.347. The molecule has 1 saturated heterocycles. The van der Waals surface area contributed by atoms with Crippen molar-refractivity contribution in [2.24, 2.45) is 4.99 Å². The Kier molecular flexibility index (Phi) is 9.43. The number of rotatable bonds is 6. The summed E-state index contributed by atoms with van der Waals surface area (Å²) in [5, 5.41) is 6.29. The summed E-state index contributed by atoms with van der Waals surface area (Å²) in [6.07, 6.45) is 2.22. The summed E-state index contributed by atoms with van der Waals surface area (Å²) < 4.78 is 42.5. The van der Waals surface area contributed by atoms with Gasteiger partial charge in [0.25, 0.3) is 0 Å². The molecule has 27 heavy (non-hydrogen) atoms. The molecule has 0 aromatic heterocycles. The molecule has 0 amide bonds. The van der Waals surface area contributed by atoms with Gasteiger partial charge in [0.15, 0.2) is 15.8 Å². The van der Waals surface area contributed by atoms with E-state index in [1.807, 2.05) is 6.92 Å². The van der Waals surface area contributed by atoms with E-state index >= 15 is 0 Å². The minimum Gasteiger partial charge on any atom is -0.381 e. The van der Waals surface area contributed by atoms with Crippen LogP contribution in [0.5, 0.6) is 0 Å². The maximum absolute atomic E-state index is 13.4. The maximum Gasteiger partial charge on any atom is 0.191 e. The van der Waals surface area contributed by atoms with E-state index in [9.17, 15) is 12.8 Å². The largest absolute Gasteiger partial charge is 0.381 e. The van der Waals surface area contributed by atoms with Gasteiger partial charge < -0.3 is 15.4 Å². The molecule has 1 aromatic carbocycles. The van der Waals surface area contributed by atoms with Crippen molar-refractivity contribution in [3.63, 3.8) is 0 Å². The number of sulfone groups is 1. The second-order valence-corrected chi connectivity index (χ2v) is 9.11. The van der Waals surface area contributed by atoms with E-state index in [1.54, 1.807) is 19.1 Å². The third-order valence-corrected chi connectivity index (χ3v) is 6.88. The summed E-state index contributed by atoms with van der Waals surface area (Å²) in [6, 6.07) is 4.89. The molecule has 0 unspecified atom stereocenters. The summed E-state index contributed by atoms with van der Waals surface area (Å²) in [7, 11) is -3.24. The molecule has 2 N–H and O–H groups in total. The van der Waals surface area contributed by atoms with Gasteiger partial charge in [-0.2, -0.15) is 0 Å². The number of benzene rings is 1. The number of hydrogen-bond acceptors (Lipinski definition) is 4. The predicted molar refractivity (Wildman–Crippen MR) is 117 cm³/mol. The first-order valence-electron chi connectivity index (χ1n) is 8.82. The van der Waals surface area contributed by atoms with Crippen molar-refractivity contribution in [1.82, 2.24) is 10.6 Å². The highest BCUT2D eigenvalue weighted by Gasteiger charge is 2.42. The Hall–Kier alpha value is -0.940. The Balaban J connectivity index is 0.00000364. The van der Waals surface area contributed by atoms with E-state index < -0.39 is 14.6 Å². The van der Waals surface area contributed by atoms with Crippen LogP contribution < -0.4 is 10.6 Å². The van der Waals surface area contributed by atoms with Gasteiger partial charge in [0.1, 0.15) is 5.82 Å². The molecule has 1 aliphatic heterocycles. The molecule has 0 atom stereocenters. The molecule has 9 heteroatoms. The molecule has 0 saturated carbocycles. The van der Waals surface area contributed by atoms with Gasteiger partial charge in [-0.05, 0) is 43.9 Å². The lowest BCUT2D eigenvalue weighted by atomic mass is 9.99. The average molecular weight is 513 g/mol. The standard InChI is InChI=1S/C18H28FN3O3S.HI/c1-4-20-17(21-12-15-5-6-16(19)14(2)11-15)22-13-18(26(3,23)24)7-9-25-10-8-18;/h5-6,11H,4,7-10,12-13H2,1-3H3,(H2,20,21,22);1H. The van der Waals surface area contributed by atoms with Crippen molar-refractivity contribution in [2.75, 3.05) is 32.6 Å². The SMILES string of the molecule is CCNC(=NCc1ccc(F)c(C)c1)NCC1(S(C)(=O)=O)CCOCC1.I. The monoisotopic (exact) mass is 513 g/mol. The normalized spacial score (nSPS) is 17.1. The molecule has 6 nitrogen and oxygen atoms in total. The van der Waals surface area contributed by atoms with Gasteiger partial charge in [-0.1, -0.05) is 12.1 Å². The van der Waals surface area contributed by atoms with Crippen molar-refractivity contribution in [3.8, 4) is 0 Å². The van der Waals surface area contributed by atoms with Gasteiger partial charge in [-0.3, -0.25) is 0 Å². The van der Waals surface area contributed by atoms with Crippen molar-refractivity contribution in [2.45, 2.75) is 38.0 Å². The number of ether oxygens (including phenoxy) is 1. The van der Waals surface area contributed by atoms with E-state index in [1.165, 1.54) is 12.3 Å². The Labute approximate surface area is 178 Å². The third kappa shape index (κ3) is 6.56. The molecule has 0 bridgehead atoms. The van der Waals surface area contributed by atoms with Gasteiger partial charge in [0, 0.05) is 32.6 Å². The van der Waals surface area contributed by atoms with Gasteiger partial charge in [0.05, 0.1) is 11.3 Å². The number of nitrogens with zero attached hydrogens (tertiary/aromatic N) is 1. The van der Waals surface area contributed by atoms with Crippen molar-refractivity contribution >= 4 is 39.8 Å². The fourth-order valence-electron chi connectivity index (χ4n) is 2.98. The van der Waals surface area contributed by atoms with E-state index in [0.717, 1.165) is 5.56 Å². The number of aryl methyl sites for hydroxylation is 1. The van der Waals surface area contributed by atoms with E-state index in [2.05, 4.69) is 15.6 Å². The van der Waals surface area contributed by atoms with Crippen LogP contribution in [-0.2, 0) is 21.1 Å². The predicted octanol–water partition coefficient (Wildman–Crippen LogP) is 2.40. The molecule has 1 aromatic rings. The van der Waals surface area contributed by atoms with Gasteiger partial charge in [-0.25, -0.2) is 17.8 Å². The highest BCUT2D eigenvalue weighted by molar-refractivity contribution is 14.0. The third-order valence-electron chi connectivity index (χ3n) is 4.75.